The van der Waals surface area contributed by atoms with Crippen LogP contribution in [0.25, 0.3) is 0 Å². The number of amides is 1. The van der Waals surface area contributed by atoms with E-state index in [0.717, 1.165) is 6.42 Å². The number of aromatic amines is 1. The van der Waals surface area contributed by atoms with Gasteiger partial charge in [0, 0.05) is 12.1 Å². The van der Waals surface area contributed by atoms with Crippen LogP contribution >= 0.6 is 23.2 Å². The van der Waals surface area contributed by atoms with Crippen molar-refractivity contribution >= 4 is 29.1 Å². The first-order valence-electron chi connectivity index (χ1n) is 5.39. The first-order valence-corrected chi connectivity index (χ1v) is 6.15. The van der Waals surface area contributed by atoms with Gasteiger partial charge in [-0.15, -0.1) is 0 Å². The number of aliphatic hydroxyl groups excluding tert-OH is 1. The third-order valence-corrected chi connectivity index (χ3v) is 3.52. The molecule has 0 aliphatic heterocycles. The zero-order valence-electron chi connectivity index (χ0n) is 9.81. The Hall–Kier alpha value is -0.710. The minimum absolute atomic E-state index is 0.0247. The molecule has 6 heteroatoms. The van der Waals surface area contributed by atoms with Crippen molar-refractivity contribution in [1.82, 2.24) is 10.3 Å². The van der Waals surface area contributed by atoms with Crippen molar-refractivity contribution in [2.45, 2.75) is 32.2 Å². The van der Waals surface area contributed by atoms with Crippen molar-refractivity contribution in [1.29, 1.82) is 0 Å². The van der Waals surface area contributed by atoms with Crippen LogP contribution in [-0.2, 0) is 0 Å². The minimum Gasteiger partial charge on any atom is -0.396 e. The number of halogens is 2. The molecule has 1 aromatic heterocycles. The molecule has 0 bridgehead atoms. The summed E-state index contributed by atoms with van der Waals surface area (Å²) in [5.41, 5.74) is -0.117. The van der Waals surface area contributed by atoms with Crippen LogP contribution in [0.3, 0.4) is 0 Å². The number of carbonyl (C=O) groups is 1. The van der Waals surface area contributed by atoms with Gasteiger partial charge >= 0.3 is 0 Å². The van der Waals surface area contributed by atoms with Crippen molar-refractivity contribution in [3.05, 3.63) is 21.9 Å². The van der Waals surface area contributed by atoms with Crippen LogP contribution < -0.4 is 5.32 Å². The molecule has 4 nitrogen and oxygen atoms in total. The van der Waals surface area contributed by atoms with E-state index in [2.05, 4.69) is 10.3 Å². The summed E-state index contributed by atoms with van der Waals surface area (Å²) in [6.45, 7) is 3.86. The SMILES string of the molecule is CCC(C)(CCO)NC(=O)c1cc(Cl)c(Cl)[nH]1. The number of aliphatic hydroxyl groups is 1. The first-order chi connectivity index (χ1) is 7.91. The van der Waals surface area contributed by atoms with Crippen molar-refractivity contribution in [3.8, 4) is 0 Å². The number of carbonyl (C=O) groups excluding carboxylic acids is 1. The fourth-order valence-corrected chi connectivity index (χ4v) is 1.75. The van der Waals surface area contributed by atoms with E-state index in [9.17, 15) is 4.79 Å². The quantitative estimate of drug-likeness (QED) is 0.775. The zero-order valence-corrected chi connectivity index (χ0v) is 11.3. The Balaban J connectivity index is 2.77. The largest absolute Gasteiger partial charge is 0.396 e. The average molecular weight is 279 g/mol. The maximum Gasteiger partial charge on any atom is 0.268 e. The molecule has 17 heavy (non-hydrogen) atoms. The van der Waals surface area contributed by atoms with E-state index in [1.54, 1.807) is 0 Å². The summed E-state index contributed by atoms with van der Waals surface area (Å²) in [6, 6.07) is 1.48. The smallest absolute Gasteiger partial charge is 0.268 e. The normalized spacial score (nSPS) is 14.4. The summed E-state index contributed by atoms with van der Waals surface area (Å²) in [4.78, 5) is 14.6. The lowest BCUT2D eigenvalue weighted by Gasteiger charge is -2.28. The topological polar surface area (TPSA) is 65.1 Å². The lowest BCUT2D eigenvalue weighted by atomic mass is 9.95. The molecule has 1 unspecified atom stereocenters. The lowest BCUT2D eigenvalue weighted by Crippen LogP contribution is -2.46. The molecule has 0 radical (unpaired) electrons. The van der Waals surface area contributed by atoms with Crippen LogP contribution in [0.4, 0.5) is 0 Å². The van der Waals surface area contributed by atoms with Gasteiger partial charge in [0.25, 0.3) is 5.91 Å². The van der Waals surface area contributed by atoms with E-state index >= 15 is 0 Å². The van der Waals surface area contributed by atoms with Crippen molar-refractivity contribution in [3.63, 3.8) is 0 Å². The highest BCUT2D eigenvalue weighted by Crippen LogP contribution is 2.22. The lowest BCUT2D eigenvalue weighted by molar-refractivity contribution is 0.0881. The van der Waals surface area contributed by atoms with Crippen LogP contribution in [-0.4, -0.2) is 28.1 Å². The Morgan fingerprint density at radius 2 is 2.24 bits per heavy atom. The van der Waals surface area contributed by atoms with Gasteiger partial charge in [-0.25, -0.2) is 0 Å². The maximum atomic E-state index is 11.9. The van der Waals surface area contributed by atoms with Crippen molar-refractivity contribution in [2.24, 2.45) is 0 Å². The number of H-pyrrole nitrogens is 1. The van der Waals surface area contributed by atoms with Gasteiger partial charge in [-0.1, -0.05) is 30.1 Å². The minimum atomic E-state index is -0.435. The van der Waals surface area contributed by atoms with Gasteiger partial charge in [0.15, 0.2) is 0 Å². The van der Waals surface area contributed by atoms with E-state index < -0.39 is 5.54 Å². The third kappa shape index (κ3) is 3.63. The van der Waals surface area contributed by atoms with Crippen LogP contribution in [0.2, 0.25) is 10.2 Å². The Kier molecular flexibility index (Phi) is 4.86. The van der Waals surface area contributed by atoms with Gasteiger partial charge in [0.2, 0.25) is 0 Å². The standard InChI is InChI=1S/C11H16Cl2N2O2/c1-3-11(2,4-5-16)15-10(17)8-6-7(12)9(13)14-8/h6,14,16H,3-5H2,1-2H3,(H,15,17). The van der Waals surface area contributed by atoms with E-state index in [1.165, 1.54) is 6.07 Å². The fourth-order valence-electron chi connectivity index (χ4n) is 1.44. The molecule has 0 aromatic carbocycles. The summed E-state index contributed by atoms with van der Waals surface area (Å²) in [5.74, 6) is -0.281. The van der Waals surface area contributed by atoms with Gasteiger partial charge in [0.05, 0.1) is 5.02 Å². The number of hydrogen-bond acceptors (Lipinski definition) is 2. The molecule has 0 saturated heterocycles. The van der Waals surface area contributed by atoms with E-state index in [1.807, 2.05) is 13.8 Å². The van der Waals surface area contributed by atoms with Crippen LogP contribution in [0.5, 0.6) is 0 Å². The summed E-state index contributed by atoms with van der Waals surface area (Å²) >= 11 is 11.5. The number of hydrogen-bond donors (Lipinski definition) is 3. The number of rotatable bonds is 5. The Morgan fingerprint density at radius 3 is 2.65 bits per heavy atom. The Morgan fingerprint density at radius 1 is 1.59 bits per heavy atom. The monoisotopic (exact) mass is 278 g/mol. The molecule has 0 aliphatic rings. The van der Waals surface area contributed by atoms with E-state index in [0.29, 0.717) is 17.1 Å². The van der Waals surface area contributed by atoms with Crippen molar-refractivity contribution < 1.29 is 9.90 Å². The van der Waals surface area contributed by atoms with E-state index in [4.69, 9.17) is 28.3 Å². The van der Waals surface area contributed by atoms with Gasteiger partial charge in [-0.3, -0.25) is 4.79 Å². The predicted molar refractivity (Wildman–Crippen MR) is 68.7 cm³/mol. The van der Waals surface area contributed by atoms with Gasteiger partial charge in [0.1, 0.15) is 10.8 Å². The molecule has 1 rings (SSSR count). The van der Waals surface area contributed by atoms with Crippen molar-refractivity contribution in [2.75, 3.05) is 6.61 Å². The predicted octanol–water partition coefficient (Wildman–Crippen LogP) is 2.60. The molecule has 1 aromatic rings. The molecular formula is C11H16Cl2N2O2. The summed E-state index contributed by atoms with van der Waals surface area (Å²) in [5, 5.41) is 12.4. The Bertz CT molecular complexity index is 387. The van der Waals surface area contributed by atoms with E-state index in [-0.39, 0.29) is 17.7 Å². The highest BCUT2D eigenvalue weighted by atomic mass is 35.5. The Labute approximate surface area is 110 Å². The van der Waals surface area contributed by atoms with Gasteiger partial charge in [-0.05, 0) is 25.8 Å². The molecule has 1 heterocycles. The highest BCUT2D eigenvalue weighted by molar-refractivity contribution is 6.41. The molecule has 96 valence electrons. The first kappa shape index (κ1) is 14.4. The summed E-state index contributed by atoms with van der Waals surface area (Å²) in [6.07, 6.45) is 1.22. The second kappa shape index (κ2) is 5.76. The van der Waals surface area contributed by atoms with Gasteiger partial charge in [-0.2, -0.15) is 0 Å². The number of aromatic nitrogens is 1. The zero-order chi connectivity index (χ0) is 13.1. The second-order valence-electron chi connectivity index (χ2n) is 4.19. The summed E-state index contributed by atoms with van der Waals surface area (Å²) < 4.78 is 0. The maximum absolute atomic E-state index is 11.9. The van der Waals surface area contributed by atoms with Crippen LogP contribution in [0.1, 0.15) is 37.2 Å². The summed E-state index contributed by atoms with van der Waals surface area (Å²) in [7, 11) is 0. The molecule has 0 aliphatic carbocycles. The third-order valence-electron chi connectivity index (χ3n) is 2.83. The molecular weight excluding hydrogens is 263 g/mol. The molecule has 0 saturated carbocycles. The molecule has 0 spiro atoms. The van der Waals surface area contributed by atoms with Crippen LogP contribution in [0.15, 0.2) is 6.07 Å². The molecule has 0 fully saturated rings. The molecule has 1 amide bonds. The molecule has 1 atom stereocenters. The highest BCUT2D eigenvalue weighted by Gasteiger charge is 2.25. The number of nitrogens with one attached hydrogen (secondary N) is 2. The molecule has 3 N–H and O–H groups in total. The second-order valence-corrected chi connectivity index (χ2v) is 4.97. The van der Waals surface area contributed by atoms with Crippen LogP contribution in [0, 0.1) is 0 Å². The fraction of sp³-hybridized carbons (Fsp3) is 0.545. The average Bonchev–Trinajstić information content (AvgIpc) is 2.60. The van der Waals surface area contributed by atoms with Gasteiger partial charge < -0.3 is 15.4 Å².